The number of imide groups is 1. The molecule has 2 fully saturated rings. The van der Waals surface area contributed by atoms with Crippen molar-refractivity contribution in [3.05, 3.63) is 35.4 Å². The average molecular weight is 257 g/mol. The Balaban J connectivity index is 1.58. The Morgan fingerprint density at radius 1 is 1.05 bits per heavy atom. The monoisotopic (exact) mass is 257 g/mol. The lowest BCUT2D eigenvalue weighted by atomic mass is 9.71. The van der Waals surface area contributed by atoms with Crippen LogP contribution in [0.15, 0.2) is 24.3 Å². The van der Waals surface area contributed by atoms with Crippen LogP contribution in [0.2, 0.25) is 0 Å². The smallest absolute Gasteiger partial charge is 0.261 e. The quantitative estimate of drug-likeness (QED) is 0.818. The lowest BCUT2D eigenvalue weighted by molar-refractivity contribution is -0.0918. The third-order valence-electron chi connectivity index (χ3n) is 4.71. The van der Waals surface area contributed by atoms with Gasteiger partial charge in [-0.2, -0.15) is 0 Å². The van der Waals surface area contributed by atoms with Crippen LogP contribution >= 0.6 is 0 Å². The highest BCUT2D eigenvalue weighted by molar-refractivity contribution is 6.21. The van der Waals surface area contributed by atoms with Crippen LogP contribution in [0.3, 0.4) is 0 Å². The summed E-state index contributed by atoms with van der Waals surface area (Å²) >= 11 is 0. The molecule has 4 nitrogen and oxygen atoms in total. The predicted octanol–water partition coefficient (Wildman–Crippen LogP) is 1.59. The highest BCUT2D eigenvalue weighted by Gasteiger charge is 2.56. The van der Waals surface area contributed by atoms with Crippen LogP contribution in [0.5, 0.6) is 0 Å². The van der Waals surface area contributed by atoms with Gasteiger partial charge in [0.25, 0.3) is 11.8 Å². The molecule has 0 atom stereocenters. The van der Waals surface area contributed by atoms with E-state index in [2.05, 4.69) is 0 Å². The molecule has 1 N–H and O–H groups in total. The minimum absolute atomic E-state index is 0.127. The van der Waals surface area contributed by atoms with Crippen molar-refractivity contribution in [2.45, 2.75) is 37.3 Å². The summed E-state index contributed by atoms with van der Waals surface area (Å²) in [5.74, 6) is -0.0224. The first kappa shape index (κ1) is 11.2. The van der Waals surface area contributed by atoms with Crippen molar-refractivity contribution in [3.63, 3.8) is 0 Å². The molecule has 2 saturated carbocycles. The average Bonchev–Trinajstić information content (AvgIpc) is 3.17. The van der Waals surface area contributed by atoms with Gasteiger partial charge in [0.05, 0.1) is 16.7 Å². The summed E-state index contributed by atoms with van der Waals surface area (Å²) in [6, 6.07) is 6.81. The van der Waals surface area contributed by atoms with Gasteiger partial charge in [-0.1, -0.05) is 12.1 Å². The highest BCUT2D eigenvalue weighted by Crippen LogP contribution is 2.52. The SMILES string of the molecule is O=C1c2ccccc2C(=O)N1[C@H]1C[C@@](O)(C2CC2)C1. The van der Waals surface area contributed by atoms with Gasteiger partial charge in [0.1, 0.15) is 0 Å². The molecule has 1 aromatic carbocycles. The first-order valence-corrected chi connectivity index (χ1v) is 6.79. The predicted molar refractivity (Wildman–Crippen MR) is 67.6 cm³/mol. The summed E-state index contributed by atoms with van der Waals surface area (Å²) in [5.41, 5.74) is 0.365. The van der Waals surface area contributed by atoms with Crippen LogP contribution in [0.4, 0.5) is 0 Å². The molecule has 3 aliphatic rings. The lowest BCUT2D eigenvalue weighted by Crippen LogP contribution is -2.57. The van der Waals surface area contributed by atoms with Gasteiger partial charge in [0.15, 0.2) is 0 Å². The van der Waals surface area contributed by atoms with Crippen molar-refractivity contribution in [1.82, 2.24) is 4.90 Å². The number of nitrogens with zero attached hydrogens (tertiary/aromatic N) is 1. The molecule has 98 valence electrons. The lowest BCUT2D eigenvalue weighted by Gasteiger charge is -2.47. The Morgan fingerprint density at radius 3 is 2.05 bits per heavy atom. The molecule has 1 heterocycles. The van der Waals surface area contributed by atoms with Gasteiger partial charge in [-0.15, -0.1) is 0 Å². The zero-order chi connectivity index (χ0) is 13.2. The molecule has 0 bridgehead atoms. The number of benzene rings is 1. The van der Waals surface area contributed by atoms with E-state index >= 15 is 0 Å². The molecule has 4 rings (SSSR count). The first-order valence-electron chi connectivity index (χ1n) is 6.79. The molecular weight excluding hydrogens is 242 g/mol. The van der Waals surface area contributed by atoms with Gasteiger partial charge >= 0.3 is 0 Å². The van der Waals surface area contributed by atoms with E-state index in [0.29, 0.717) is 29.9 Å². The van der Waals surface area contributed by atoms with Gasteiger partial charge in [0.2, 0.25) is 0 Å². The highest BCUT2D eigenvalue weighted by atomic mass is 16.3. The fraction of sp³-hybridized carbons (Fsp3) is 0.467. The van der Waals surface area contributed by atoms with E-state index < -0.39 is 5.60 Å². The standard InChI is InChI=1S/C15H15NO3/c17-13-11-3-1-2-4-12(11)14(18)16(13)10-7-15(19,8-10)9-5-6-9/h1-4,9-10,19H,5-8H2/t10-,15-. The molecule has 4 heteroatoms. The topological polar surface area (TPSA) is 57.6 Å². The van der Waals surface area contributed by atoms with E-state index in [1.807, 2.05) is 0 Å². The Kier molecular flexibility index (Phi) is 2.03. The Hall–Kier alpha value is -1.68. The summed E-state index contributed by atoms with van der Waals surface area (Å²) in [6.07, 6.45) is 3.24. The van der Waals surface area contributed by atoms with E-state index in [4.69, 9.17) is 0 Å². The molecule has 0 aromatic heterocycles. The summed E-state index contributed by atoms with van der Waals surface area (Å²) in [7, 11) is 0. The maximum Gasteiger partial charge on any atom is 0.261 e. The molecule has 2 aliphatic carbocycles. The van der Waals surface area contributed by atoms with E-state index in [-0.39, 0.29) is 17.9 Å². The maximum atomic E-state index is 12.3. The van der Waals surface area contributed by atoms with Gasteiger partial charge in [-0.05, 0) is 43.7 Å². The van der Waals surface area contributed by atoms with Crippen LogP contribution in [0.25, 0.3) is 0 Å². The van der Waals surface area contributed by atoms with Crippen LogP contribution < -0.4 is 0 Å². The molecule has 0 unspecified atom stereocenters. The molecule has 2 amide bonds. The van der Waals surface area contributed by atoms with Crippen molar-refractivity contribution >= 4 is 11.8 Å². The molecular formula is C15H15NO3. The summed E-state index contributed by atoms with van der Waals surface area (Å²) in [4.78, 5) is 25.9. The molecule has 0 saturated heterocycles. The van der Waals surface area contributed by atoms with E-state index in [9.17, 15) is 14.7 Å². The van der Waals surface area contributed by atoms with Gasteiger partial charge in [-0.3, -0.25) is 14.5 Å². The number of rotatable bonds is 2. The summed E-state index contributed by atoms with van der Waals surface area (Å²) in [6.45, 7) is 0. The van der Waals surface area contributed by atoms with Crippen molar-refractivity contribution < 1.29 is 14.7 Å². The third kappa shape index (κ3) is 1.43. The molecule has 0 radical (unpaired) electrons. The second-order valence-electron chi connectivity index (χ2n) is 5.97. The minimum Gasteiger partial charge on any atom is -0.389 e. The Morgan fingerprint density at radius 2 is 1.58 bits per heavy atom. The number of amides is 2. The van der Waals surface area contributed by atoms with Crippen LogP contribution in [0, 0.1) is 5.92 Å². The van der Waals surface area contributed by atoms with Crippen LogP contribution in [-0.4, -0.2) is 33.5 Å². The fourth-order valence-electron chi connectivity index (χ4n) is 3.43. The van der Waals surface area contributed by atoms with Crippen molar-refractivity contribution in [2.75, 3.05) is 0 Å². The Labute approximate surface area is 111 Å². The zero-order valence-corrected chi connectivity index (χ0v) is 10.5. The van der Waals surface area contributed by atoms with Gasteiger partial charge < -0.3 is 5.11 Å². The Bertz CT molecular complexity index is 550. The number of aliphatic hydroxyl groups is 1. The van der Waals surface area contributed by atoms with Gasteiger partial charge in [-0.25, -0.2) is 0 Å². The molecule has 0 spiro atoms. The second kappa shape index (κ2) is 3.45. The number of hydrogen-bond donors (Lipinski definition) is 1. The third-order valence-corrected chi connectivity index (χ3v) is 4.71. The molecule has 19 heavy (non-hydrogen) atoms. The number of hydrogen-bond acceptors (Lipinski definition) is 3. The fourth-order valence-corrected chi connectivity index (χ4v) is 3.43. The van der Waals surface area contributed by atoms with E-state index in [1.165, 1.54) is 4.90 Å². The van der Waals surface area contributed by atoms with Crippen LogP contribution in [-0.2, 0) is 0 Å². The zero-order valence-electron chi connectivity index (χ0n) is 10.5. The first-order chi connectivity index (χ1) is 9.10. The van der Waals surface area contributed by atoms with Crippen molar-refractivity contribution in [3.8, 4) is 0 Å². The normalized spacial score (nSPS) is 33.3. The van der Waals surface area contributed by atoms with E-state index in [1.54, 1.807) is 24.3 Å². The number of carbonyl (C=O) groups excluding carboxylic acids is 2. The second-order valence-corrected chi connectivity index (χ2v) is 5.97. The van der Waals surface area contributed by atoms with E-state index in [0.717, 1.165) is 12.8 Å². The minimum atomic E-state index is -0.625. The largest absolute Gasteiger partial charge is 0.389 e. The molecule has 1 aliphatic heterocycles. The number of carbonyl (C=O) groups is 2. The van der Waals surface area contributed by atoms with Gasteiger partial charge in [0, 0.05) is 6.04 Å². The molecule has 1 aromatic rings. The number of fused-ring (bicyclic) bond motifs is 1. The summed E-state index contributed by atoms with van der Waals surface area (Å²) in [5, 5.41) is 10.3. The maximum absolute atomic E-state index is 12.3. The van der Waals surface area contributed by atoms with Crippen LogP contribution in [0.1, 0.15) is 46.4 Å². The summed E-state index contributed by atoms with van der Waals surface area (Å²) < 4.78 is 0. The van der Waals surface area contributed by atoms with Crippen molar-refractivity contribution in [1.29, 1.82) is 0 Å². The van der Waals surface area contributed by atoms with Crippen molar-refractivity contribution in [2.24, 2.45) is 5.92 Å².